The van der Waals surface area contributed by atoms with E-state index in [2.05, 4.69) is 36.0 Å². The van der Waals surface area contributed by atoms with Crippen molar-refractivity contribution in [3.8, 4) is 0 Å². The number of fused-ring (bicyclic) bond motifs is 1. The van der Waals surface area contributed by atoms with Crippen molar-refractivity contribution < 1.29 is 0 Å². The molecular formula is C9H13N5. The molecule has 14 heavy (non-hydrogen) atoms. The summed E-state index contributed by atoms with van der Waals surface area (Å²) in [5.74, 6) is 0.526. The number of hydrogen-bond acceptors (Lipinski definition) is 4. The third-order valence-electron chi connectivity index (χ3n) is 2.12. The molecule has 0 aliphatic heterocycles. The van der Waals surface area contributed by atoms with Gasteiger partial charge < -0.3 is 5.73 Å². The zero-order chi connectivity index (χ0) is 10.3. The van der Waals surface area contributed by atoms with Crippen molar-refractivity contribution in [1.82, 2.24) is 19.6 Å². The van der Waals surface area contributed by atoms with E-state index in [0.29, 0.717) is 5.82 Å². The molecule has 0 fully saturated rings. The maximum absolute atomic E-state index is 5.84. The van der Waals surface area contributed by atoms with Gasteiger partial charge in [0.2, 0.25) is 0 Å². The maximum atomic E-state index is 5.84. The normalized spacial score (nSPS) is 12.2. The molecule has 5 nitrogen and oxygen atoms in total. The van der Waals surface area contributed by atoms with Gasteiger partial charge in [-0.05, 0) is 5.41 Å². The van der Waals surface area contributed by atoms with Crippen LogP contribution < -0.4 is 5.73 Å². The molecule has 74 valence electrons. The minimum atomic E-state index is -0.0768. The second-order valence-corrected chi connectivity index (χ2v) is 4.32. The van der Waals surface area contributed by atoms with Gasteiger partial charge in [0.1, 0.15) is 18.5 Å². The number of nitrogens with zero attached hydrogens (tertiary/aromatic N) is 4. The van der Waals surface area contributed by atoms with Gasteiger partial charge in [0.15, 0.2) is 5.65 Å². The van der Waals surface area contributed by atoms with Gasteiger partial charge in [0.05, 0.1) is 0 Å². The number of rotatable bonds is 0. The van der Waals surface area contributed by atoms with E-state index in [1.165, 1.54) is 0 Å². The van der Waals surface area contributed by atoms with Gasteiger partial charge in [-0.2, -0.15) is 0 Å². The largest absolute Gasteiger partial charge is 0.383 e. The second-order valence-electron chi connectivity index (χ2n) is 4.32. The van der Waals surface area contributed by atoms with Crippen LogP contribution >= 0.6 is 0 Å². The van der Waals surface area contributed by atoms with E-state index < -0.39 is 0 Å². The molecule has 2 N–H and O–H groups in total. The van der Waals surface area contributed by atoms with Crippen molar-refractivity contribution in [1.29, 1.82) is 0 Å². The highest BCUT2D eigenvalue weighted by Gasteiger charge is 2.22. The van der Waals surface area contributed by atoms with Gasteiger partial charge in [-0.25, -0.2) is 4.98 Å². The van der Waals surface area contributed by atoms with Crippen LogP contribution in [0.4, 0.5) is 5.82 Å². The summed E-state index contributed by atoms with van der Waals surface area (Å²) in [7, 11) is 0. The lowest BCUT2D eigenvalue weighted by Crippen LogP contribution is -2.17. The highest BCUT2D eigenvalue weighted by atomic mass is 15.2. The molecule has 0 unspecified atom stereocenters. The van der Waals surface area contributed by atoms with Gasteiger partial charge >= 0.3 is 0 Å². The van der Waals surface area contributed by atoms with E-state index in [9.17, 15) is 0 Å². The Balaban J connectivity index is 2.83. The first-order valence-electron chi connectivity index (χ1n) is 4.44. The smallest absolute Gasteiger partial charge is 0.169 e. The van der Waals surface area contributed by atoms with Crippen molar-refractivity contribution in [2.75, 3.05) is 5.73 Å². The quantitative estimate of drug-likeness (QED) is 0.674. The van der Waals surface area contributed by atoms with Crippen molar-refractivity contribution >= 4 is 11.5 Å². The zero-order valence-corrected chi connectivity index (χ0v) is 8.52. The Labute approximate surface area is 82.0 Å². The lowest BCUT2D eigenvalue weighted by Gasteiger charge is -2.20. The molecule has 0 aliphatic rings. The molecule has 2 aromatic heterocycles. The fourth-order valence-corrected chi connectivity index (χ4v) is 1.53. The molecule has 2 heterocycles. The molecule has 0 bridgehead atoms. The van der Waals surface area contributed by atoms with Crippen LogP contribution in [0, 0.1) is 0 Å². The lowest BCUT2D eigenvalue weighted by atomic mass is 9.88. The maximum Gasteiger partial charge on any atom is 0.169 e. The minimum absolute atomic E-state index is 0.0768. The topological polar surface area (TPSA) is 69.1 Å². The molecule has 5 heteroatoms. The van der Waals surface area contributed by atoms with Crippen LogP contribution in [0.5, 0.6) is 0 Å². The SMILES string of the molecule is CC(C)(C)c1c(N)ncn2cnnc12. The first-order valence-corrected chi connectivity index (χ1v) is 4.44. The van der Waals surface area contributed by atoms with Crippen LogP contribution in [-0.2, 0) is 5.41 Å². The molecule has 0 saturated carbocycles. The van der Waals surface area contributed by atoms with Crippen molar-refractivity contribution in [2.45, 2.75) is 26.2 Å². The Morgan fingerprint density at radius 2 is 2.00 bits per heavy atom. The van der Waals surface area contributed by atoms with E-state index in [1.807, 2.05) is 0 Å². The molecule has 0 amide bonds. The van der Waals surface area contributed by atoms with E-state index in [1.54, 1.807) is 17.1 Å². The van der Waals surface area contributed by atoms with Gasteiger partial charge in [-0.1, -0.05) is 20.8 Å². The van der Waals surface area contributed by atoms with E-state index in [4.69, 9.17) is 5.73 Å². The molecule has 0 radical (unpaired) electrons. The van der Waals surface area contributed by atoms with Crippen LogP contribution in [-0.4, -0.2) is 19.6 Å². The van der Waals surface area contributed by atoms with Crippen LogP contribution in [0.2, 0.25) is 0 Å². The fraction of sp³-hybridized carbons (Fsp3) is 0.444. The summed E-state index contributed by atoms with van der Waals surface area (Å²) in [6.45, 7) is 6.24. The van der Waals surface area contributed by atoms with Crippen LogP contribution in [0.1, 0.15) is 26.3 Å². The number of aromatic nitrogens is 4. The first kappa shape index (κ1) is 8.93. The van der Waals surface area contributed by atoms with Crippen molar-refractivity contribution in [3.05, 3.63) is 18.2 Å². The summed E-state index contributed by atoms with van der Waals surface area (Å²) in [4.78, 5) is 4.11. The predicted octanol–water partition coefficient (Wildman–Crippen LogP) is 1.00. The van der Waals surface area contributed by atoms with Gasteiger partial charge in [-0.3, -0.25) is 4.40 Å². The first-order chi connectivity index (χ1) is 6.50. The minimum Gasteiger partial charge on any atom is -0.383 e. The molecule has 0 atom stereocenters. The van der Waals surface area contributed by atoms with Crippen LogP contribution in [0.15, 0.2) is 12.7 Å². The summed E-state index contributed by atoms with van der Waals surface area (Å²) in [5.41, 5.74) is 7.49. The van der Waals surface area contributed by atoms with Crippen LogP contribution in [0.3, 0.4) is 0 Å². The van der Waals surface area contributed by atoms with E-state index >= 15 is 0 Å². The second kappa shape index (κ2) is 2.67. The molecule has 2 rings (SSSR count). The molecular weight excluding hydrogens is 178 g/mol. The number of hydrogen-bond donors (Lipinski definition) is 1. The lowest BCUT2D eigenvalue weighted by molar-refractivity contribution is 0.591. The molecule has 0 spiro atoms. The van der Waals surface area contributed by atoms with Crippen LogP contribution in [0.25, 0.3) is 5.65 Å². The Morgan fingerprint density at radius 3 is 2.64 bits per heavy atom. The molecule has 0 aliphatic carbocycles. The summed E-state index contributed by atoms with van der Waals surface area (Å²) < 4.78 is 1.77. The summed E-state index contributed by atoms with van der Waals surface area (Å²) in [6, 6.07) is 0. The molecule has 2 aromatic rings. The Kier molecular flexibility index (Phi) is 1.70. The average Bonchev–Trinajstić information content (AvgIpc) is 2.48. The number of nitrogen functional groups attached to an aromatic ring is 1. The van der Waals surface area contributed by atoms with Crippen molar-refractivity contribution in [3.63, 3.8) is 0 Å². The summed E-state index contributed by atoms with van der Waals surface area (Å²) in [6.07, 6.45) is 3.25. The van der Waals surface area contributed by atoms with Gasteiger partial charge in [0, 0.05) is 5.56 Å². The third kappa shape index (κ3) is 1.21. The van der Waals surface area contributed by atoms with E-state index in [-0.39, 0.29) is 5.41 Å². The summed E-state index contributed by atoms with van der Waals surface area (Å²) >= 11 is 0. The number of nitrogens with two attached hydrogens (primary N) is 1. The van der Waals surface area contributed by atoms with Gasteiger partial charge in [0.25, 0.3) is 0 Å². The predicted molar refractivity (Wildman–Crippen MR) is 53.9 cm³/mol. The summed E-state index contributed by atoms with van der Waals surface area (Å²) in [5, 5.41) is 7.87. The van der Waals surface area contributed by atoms with Gasteiger partial charge in [-0.15, -0.1) is 10.2 Å². The van der Waals surface area contributed by atoms with Crippen molar-refractivity contribution in [2.24, 2.45) is 0 Å². The highest BCUT2D eigenvalue weighted by Crippen LogP contribution is 2.28. The average molecular weight is 191 g/mol. The standard InChI is InChI=1S/C9H13N5/c1-9(2,3)6-7(10)11-4-14-5-12-13-8(6)14/h4-5H,10H2,1-3H3. The highest BCUT2D eigenvalue weighted by molar-refractivity contribution is 5.60. The Hall–Kier alpha value is -1.65. The molecule has 0 saturated heterocycles. The Bertz CT molecular complexity index is 465. The molecule has 0 aromatic carbocycles. The Morgan fingerprint density at radius 1 is 1.29 bits per heavy atom. The number of anilines is 1. The zero-order valence-electron chi connectivity index (χ0n) is 8.52. The monoisotopic (exact) mass is 191 g/mol. The third-order valence-corrected chi connectivity index (χ3v) is 2.12. The van der Waals surface area contributed by atoms with E-state index in [0.717, 1.165) is 11.2 Å². The fourth-order valence-electron chi connectivity index (χ4n) is 1.53.